The van der Waals surface area contributed by atoms with E-state index in [4.69, 9.17) is 23.2 Å². The lowest BCUT2D eigenvalue weighted by atomic mass is 10.0. The molecule has 0 aliphatic carbocycles. The first-order valence-electron chi connectivity index (χ1n) is 11.8. The average Bonchev–Trinajstić information content (AvgIpc) is 2.88. The van der Waals surface area contributed by atoms with Crippen LogP contribution in [0.2, 0.25) is 10.0 Å². The SMILES string of the molecule is CN(C)CCNC(=O)CCCN(C(=O)Nc1ccc(Cl)c(Cl)c1)c1ccc(-c2cccc(C#N)c2)cc1. The molecular weight excluding hydrogens is 509 g/mol. The van der Waals surface area contributed by atoms with Crippen molar-refractivity contribution < 1.29 is 9.59 Å². The van der Waals surface area contributed by atoms with Crippen LogP contribution < -0.4 is 15.5 Å². The van der Waals surface area contributed by atoms with Gasteiger partial charge in [0.1, 0.15) is 0 Å². The summed E-state index contributed by atoms with van der Waals surface area (Å²) in [6.07, 6.45) is 0.775. The van der Waals surface area contributed by atoms with Crippen molar-refractivity contribution in [2.24, 2.45) is 0 Å². The normalized spacial score (nSPS) is 10.6. The number of carbonyl (C=O) groups is 2. The van der Waals surface area contributed by atoms with E-state index in [1.54, 1.807) is 29.2 Å². The molecule has 0 aliphatic heterocycles. The van der Waals surface area contributed by atoms with Crippen LogP contribution in [0.3, 0.4) is 0 Å². The second-order valence-electron chi connectivity index (χ2n) is 8.71. The average molecular weight is 538 g/mol. The number of nitrogens with one attached hydrogen (secondary N) is 2. The minimum absolute atomic E-state index is 0.0561. The van der Waals surface area contributed by atoms with Crippen LogP contribution in [-0.4, -0.2) is 50.6 Å². The zero-order valence-electron chi connectivity index (χ0n) is 20.8. The fourth-order valence-electron chi connectivity index (χ4n) is 3.62. The molecular formula is C28H29Cl2N5O2. The Bertz CT molecular complexity index is 1270. The van der Waals surface area contributed by atoms with Crippen molar-refractivity contribution in [1.29, 1.82) is 5.26 Å². The van der Waals surface area contributed by atoms with Crippen LogP contribution in [0.5, 0.6) is 0 Å². The molecule has 3 amide bonds. The Kier molecular flexibility index (Phi) is 10.3. The van der Waals surface area contributed by atoms with E-state index in [1.807, 2.05) is 61.5 Å². The molecule has 3 aromatic rings. The molecule has 0 spiro atoms. The van der Waals surface area contributed by atoms with Gasteiger partial charge < -0.3 is 15.5 Å². The molecule has 0 heterocycles. The third kappa shape index (κ3) is 8.50. The number of likely N-dealkylation sites (N-methyl/N-ethyl adjacent to an activating group) is 1. The van der Waals surface area contributed by atoms with Crippen molar-refractivity contribution in [3.63, 3.8) is 0 Å². The molecule has 192 valence electrons. The Morgan fingerprint density at radius 2 is 1.68 bits per heavy atom. The van der Waals surface area contributed by atoms with Crippen LogP contribution in [0.15, 0.2) is 66.7 Å². The summed E-state index contributed by atoms with van der Waals surface area (Å²) in [6.45, 7) is 1.66. The molecule has 0 unspecified atom stereocenters. The first-order valence-corrected chi connectivity index (χ1v) is 12.6. The Balaban J connectivity index is 1.75. The maximum Gasteiger partial charge on any atom is 0.326 e. The van der Waals surface area contributed by atoms with Gasteiger partial charge in [-0.2, -0.15) is 5.26 Å². The van der Waals surface area contributed by atoms with Crippen LogP contribution in [0, 0.1) is 11.3 Å². The quantitative estimate of drug-likeness (QED) is 0.330. The lowest BCUT2D eigenvalue weighted by molar-refractivity contribution is -0.121. The number of carbonyl (C=O) groups excluding carboxylic acids is 2. The number of halogens is 2. The third-order valence-corrected chi connectivity index (χ3v) is 6.33. The van der Waals surface area contributed by atoms with Gasteiger partial charge in [-0.25, -0.2) is 4.79 Å². The number of benzene rings is 3. The summed E-state index contributed by atoms with van der Waals surface area (Å²) in [5, 5.41) is 15.7. The molecule has 3 aromatic carbocycles. The van der Waals surface area contributed by atoms with E-state index in [-0.39, 0.29) is 11.9 Å². The summed E-state index contributed by atoms with van der Waals surface area (Å²) in [5.74, 6) is -0.0561. The third-order valence-electron chi connectivity index (χ3n) is 5.59. The minimum atomic E-state index is -0.356. The van der Waals surface area contributed by atoms with Crippen LogP contribution in [0.4, 0.5) is 16.2 Å². The zero-order chi connectivity index (χ0) is 26.8. The monoisotopic (exact) mass is 537 g/mol. The van der Waals surface area contributed by atoms with Crippen molar-refractivity contribution >= 4 is 46.5 Å². The first kappa shape index (κ1) is 28.0. The van der Waals surface area contributed by atoms with E-state index >= 15 is 0 Å². The van der Waals surface area contributed by atoms with Crippen LogP contribution in [-0.2, 0) is 4.79 Å². The highest BCUT2D eigenvalue weighted by molar-refractivity contribution is 6.42. The van der Waals surface area contributed by atoms with Crippen LogP contribution in [0.1, 0.15) is 18.4 Å². The zero-order valence-corrected chi connectivity index (χ0v) is 22.3. The van der Waals surface area contributed by atoms with Gasteiger partial charge in [-0.3, -0.25) is 9.69 Å². The van der Waals surface area contributed by atoms with Gasteiger partial charge in [0.2, 0.25) is 5.91 Å². The van der Waals surface area contributed by atoms with E-state index in [0.717, 1.165) is 17.7 Å². The molecule has 3 rings (SSSR count). The van der Waals surface area contributed by atoms with Crippen molar-refractivity contribution in [1.82, 2.24) is 10.2 Å². The number of urea groups is 1. The molecule has 0 atom stereocenters. The Morgan fingerprint density at radius 1 is 0.919 bits per heavy atom. The van der Waals surface area contributed by atoms with Gasteiger partial charge in [0.05, 0.1) is 21.7 Å². The second-order valence-corrected chi connectivity index (χ2v) is 9.52. The maximum atomic E-state index is 13.3. The smallest absolute Gasteiger partial charge is 0.326 e. The van der Waals surface area contributed by atoms with E-state index < -0.39 is 0 Å². The lowest BCUT2D eigenvalue weighted by Crippen LogP contribution is -2.37. The molecule has 7 nitrogen and oxygen atoms in total. The Labute approximate surface area is 227 Å². The molecule has 0 aliphatic rings. The van der Waals surface area contributed by atoms with Gasteiger partial charge in [-0.15, -0.1) is 0 Å². The number of hydrogen-bond acceptors (Lipinski definition) is 4. The fraction of sp³-hybridized carbons (Fsp3) is 0.250. The minimum Gasteiger partial charge on any atom is -0.355 e. The summed E-state index contributed by atoms with van der Waals surface area (Å²) in [4.78, 5) is 29.1. The summed E-state index contributed by atoms with van der Waals surface area (Å²) in [6, 6.07) is 21.5. The number of nitrogens with zero attached hydrogens (tertiary/aromatic N) is 3. The van der Waals surface area contributed by atoms with Crippen molar-refractivity contribution in [2.45, 2.75) is 12.8 Å². The standard InChI is InChI=1S/C28H29Cl2N5O2/c1-34(2)16-14-32-27(36)7-4-15-35(28(37)33-23-10-13-25(29)26(30)18-23)24-11-8-21(9-12-24)22-6-3-5-20(17-22)19-31/h3,5-6,8-13,17-18H,4,7,14-16H2,1-2H3,(H,32,36)(H,33,37). The van der Waals surface area contributed by atoms with Crippen molar-refractivity contribution in [3.05, 3.63) is 82.3 Å². The van der Waals surface area contributed by atoms with Crippen molar-refractivity contribution in [2.75, 3.05) is 43.9 Å². The molecule has 0 aromatic heterocycles. The fourth-order valence-corrected chi connectivity index (χ4v) is 3.92. The highest BCUT2D eigenvalue weighted by Gasteiger charge is 2.17. The van der Waals surface area contributed by atoms with Crippen LogP contribution >= 0.6 is 23.2 Å². The predicted octanol–water partition coefficient (Wildman–Crippen LogP) is 6.03. The van der Waals surface area contributed by atoms with E-state index in [0.29, 0.717) is 52.9 Å². The van der Waals surface area contributed by atoms with Gasteiger partial charge in [-0.05, 0) is 74.1 Å². The molecule has 9 heteroatoms. The molecule has 0 radical (unpaired) electrons. The number of nitriles is 1. The molecule has 37 heavy (non-hydrogen) atoms. The van der Waals surface area contributed by atoms with Gasteiger partial charge in [0, 0.05) is 37.4 Å². The number of anilines is 2. The predicted molar refractivity (Wildman–Crippen MR) is 150 cm³/mol. The lowest BCUT2D eigenvalue weighted by Gasteiger charge is -2.24. The van der Waals surface area contributed by atoms with Crippen LogP contribution in [0.25, 0.3) is 11.1 Å². The molecule has 0 bridgehead atoms. The number of hydrogen-bond donors (Lipinski definition) is 2. The topological polar surface area (TPSA) is 88.5 Å². The summed E-state index contributed by atoms with van der Waals surface area (Å²) in [5.41, 5.74) is 3.59. The summed E-state index contributed by atoms with van der Waals surface area (Å²) < 4.78 is 0. The second kappa shape index (κ2) is 13.7. The largest absolute Gasteiger partial charge is 0.355 e. The van der Waals surface area contributed by atoms with Gasteiger partial charge >= 0.3 is 6.03 Å². The van der Waals surface area contributed by atoms with E-state index in [1.165, 1.54) is 0 Å². The van der Waals surface area contributed by atoms with Gasteiger partial charge in [0.15, 0.2) is 0 Å². The Hall–Kier alpha value is -3.57. The number of amides is 3. The highest BCUT2D eigenvalue weighted by Crippen LogP contribution is 2.27. The summed E-state index contributed by atoms with van der Waals surface area (Å²) >= 11 is 12.1. The van der Waals surface area contributed by atoms with E-state index in [9.17, 15) is 14.9 Å². The first-order chi connectivity index (χ1) is 17.8. The maximum absolute atomic E-state index is 13.3. The van der Waals surface area contributed by atoms with Gasteiger partial charge in [-0.1, -0.05) is 47.5 Å². The Morgan fingerprint density at radius 3 is 2.35 bits per heavy atom. The molecule has 0 saturated carbocycles. The van der Waals surface area contributed by atoms with Gasteiger partial charge in [0.25, 0.3) is 0 Å². The molecule has 0 fully saturated rings. The van der Waals surface area contributed by atoms with Crippen molar-refractivity contribution in [3.8, 4) is 17.2 Å². The van der Waals surface area contributed by atoms with E-state index in [2.05, 4.69) is 16.7 Å². The summed E-state index contributed by atoms with van der Waals surface area (Å²) in [7, 11) is 3.89. The molecule has 2 N–H and O–H groups in total. The number of rotatable bonds is 10. The highest BCUT2D eigenvalue weighted by atomic mass is 35.5. The molecule has 0 saturated heterocycles.